The van der Waals surface area contributed by atoms with Crippen molar-refractivity contribution < 1.29 is 23.3 Å². The number of amides is 2. The summed E-state index contributed by atoms with van der Waals surface area (Å²) < 4.78 is 27.3. The van der Waals surface area contributed by atoms with E-state index in [4.69, 9.17) is 0 Å². The van der Waals surface area contributed by atoms with E-state index < -0.39 is 40.1 Å². The molecular weight excluding hydrogens is 384 g/mol. The Labute approximate surface area is 165 Å². The summed E-state index contributed by atoms with van der Waals surface area (Å²) >= 11 is 0. The van der Waals surface area contributed by atoms with Crippen molar-refractivity contribution in [1.82, 2.24) is 9.80 Å². The van der Waals surface area contributed by atoms with Crippen LogP contribution in [-0.4, -0.2) is 46.7 Å². The quantitative estimate of drug-likeness (QED) is 0.448. The molecule has 7 nitrogen and oxygen atoms in total. The number of halogens is 2. The standard InChI is InChI=1S/C20H17F2N3O4/c1-23-17(10-12-6-8-13(21)9-7-12)19(26)24(2)18(20(23)27)11-14-15(22)4-3-5-16(14)25(28)29/h3-9,11,17H,10H2,1-2H3. The van der Waals surface area contributed by atoms with Gasteiger partial charge >= 0.3 is 0 Å². The van der Waals surface area contributed by atoms with E-state index in [0.29, 0.717) is 5.56 Å². The Hall–Kier alpha value is -3.62. The van der Waals surface area contributed by atoms with Crippen LogP contribution in [0.25, 0.3) is 6.08 Å². The number of piperazine rings is 1. The number of nitro groups is 1. The molecule has 0 aromatic heterocycles. The molecule has 0 bridgehead atoms. The summed E-state index contributed by atoms with van der Waals surface area (Å²) in [6, 6.07) is 8.07. The van der Waals surface area contributed by atoms with E-state index in [1.807, 2.05) is 0 Å². The lowest BCUT2D eigenvalue weighted by molar-refractivity contribution is -0.385. The van der Waals surface area contributed by atoms with Crippen molar-refractivity contribution in [2.45, 2.75) is 12.5 Å². The highest BCUT2D eigenvalue weighted by molar-refractivity contribution is 6.07. The number of nitrogens with zero attached hydrogens (tertiary/aromatic N) is 3. The lowest BCUT2D eigenvalue weighted by Crippen LogP contribution is -2.56. The fraction of sp³-hybridized carbons (Fsp3) is 0.200. The monoisotopic (exact) mass is 401 g/mol. The molecule has 2 amide bonds. The van der Waals surface area contributed by atoms with Crippen molar-refractivity contribution in [3.63, 3.8) is 0 Å². The Morgan fingerprint density at radius 1 is 1.10 bits per heavy atom. The molecule has 2 aromatic carbocycles. The number of carbonyl (C=O) groups excluding carboxylic acids is 2. The van der Waals surface area contributed by atoms with Crippen molar-refractivity contribution in [1.29, 1.82) is 0 Å². The maximum Gasteiger partial charge on any atom is 0.279 e. The summed E-state index contributed by atoms with van der Waals surface area (Å²) in [7, 11) is 2.77. The van der Waals surface area contributed by atoms with Crippen LogP contribution in [0.5, 0.6) is 0 Å². The zero-order valence-electron chi connectivity index (χ0n) is 15.6. The predicted octanol–water partition coefficient (Wildman–Crippen LogP) is 2.76. The predicted molar refractivity (Wildman–Crippen MR) is 100 cm³/mol. The Balaban J connectivity index is 1.96. The highest BCUT2D eigenvalue weighted by atomic mass is 19.1. The maximum absolute atomic E-state index is 14.2. The molecule has 1 aliphatic rings. The van der Waals surface area contributed by atoms with E-state index >= 15 is 0 Å². The first kappa shape index (κ1) is 20.1. The number of likely N-dealkylation sites (N-methyl/N-ethyl adjacent to an activating group) is 2. The molecule has 2 aromatic rings. The van der Waals surface area contributed by atoms with Crippen LogP contribution in [0.2, 0.25) is 0 Å². The van der Waals surface area contributed by atoms with Crippen LogP contribution in [0.4, 0.5) is 14.5 Å². The molecule has 3 rings (SSSR count). The fourth-order valence-electron chi connectivity index (χ4n) is 3.16. The number of benzene rings is 2. The molecule has 1 atom stereocenters. The van der Waals surface area contributed by atoms with Gasteiger partial charge in [-0.2, -0.15) is 0 Å². The van der Waals surface area contributed by atoms with Crippen LogP contribution in [-0.2, 0) is 16.0 Å². The van der Waals surface area contributed by atoms with Gasteiger partial charge in [-0.25, -0.2) is 8.78 Å². The minimum atomic E-state index is -0.878. The average molecular weight is 401 g/mol. The SMILES string of the molecule is CN1C(=O)C(Cc2ccc(F)cc2)N(C)C(=O)C1=Cc1c(F)cccc1[N+](=O)[O-]. The fourth-order valence-corrected chi connectivity index (χ4v) is 3.16. The van der Waals surface area contributed by atoms with Gasteiger partial charge in [-0.05, 0) is 29.8 Å². The van der Waals surface area contributed by atoms with E-state index in [0.717, 1.165) is 23.1 Å². The highest BCUT2D eigenvalue weighted by Gasteiger charge is 2.39. The molecule has 150 valence electrons. The second-order valence-electron chi connectivity index (χ2n) is 6.62. The molecular formula is C20H17F2N3O4. The Bertz CT molecular complexity index is 1020. The molecule has 0 N–H and O–H groups in total. The third-order valence-corrected chi connectivity index (χ3v) is 4.83. The second kappa shape index (κ2) is 7.78. The van der Waals surface area contributed by atoms with Crippen molar-refractivity contribution in [2.24, 2.45) is 0 Å². The summed E-state index contributed by atoms with van der Waals surface area (Å²) in [6.07, 6.45) is 1.18. The first-order chi connectivity index (χ1) is 13.7. The van der Waals surface area contributed by atoms with Gasteiger partial charge in [0.05, 0.1) is 10.5 Å². The van der Waals surface area contributed by atoms with Gasteiger partial charge in [-0.3, -0.25) is 19.7 Å². The zero-order valence-corrected chi connectivity index (χ0v) is 15.6. The van der Waals surface area contributed by atoms with E-state index in [9.17, 15) is 28.5 Å². The number of nitro benzene ring substituents is 1. The van der Waals surface area contributed by atoms with Crippen molar-refractivity contribution in [3.8, 4) is 0 Å². The number of carbonyl (C=O) groups is 2. The van der Waals surface area contributed by atoms with E-state index in [-0.39, 0.29) is 17.7 Å². The first-order valence-electron chi connectivity index (χ1n) is 8.64. The van der Waals surface area contributed by atoms with Crippen LogP contribution in [0, 0.1) is 21.7 Å². The molecule has 29 heavy (non-hydrogen) atoms. The summed E-state index contributed by atoms with van der Waals surface area (Å²) in [5.41, 5.74) is -0.413. The molecule has 0 spiro atoms. The normalized spacial score (nSPS) is 18.5. The summed E-state index contributed by atoms with van der Waals surface area (Å²) in [6.45, 7) is 0. The molecule has 9 heteroatoms. The van der Waals surface area contributed by atoms with Gasteiger partial charge in [0.15, 0.2) is 0 Å². The van der Waals surface area contributed by atoms with Crippen LogP contribution in [0.1, 0.15) is 11.1 Å². The largest absolute Gasteiger partial charge is 0.328 e. The van der Waals surface area contributed by atoms with Crippen LogP contribution < -0.4 is 0 Å². The number of rotatable bonds is 4. The Kier molecular flexibility index (Phi) is 5.40. The van der Waals surface area contributed by atoms with Gasteiger partial charge < -0.3 is 9.80 Å². The minimum absolute atomic E-state index is 0.165. The first-order valence-corrected chi connectivity index (χ1v) is 8.64. The van der Waals surface area contributed by atoms with Gasteiger partial charge in [0.25, 0.3) is 11.6 Å². The lowest BCUT2D eigenvalue weighted by Gasteiger charge is -2.38. The van der Waals surface area contributed by atoms with Gasteiger partial charge in [-0.1, -0.05) is 18.2 Å². The van der Waals surface area contributed by atoms with E-state index in [2.05, 4.69) is 0 Å². The molecule has 0 aliphatic carbocycles. The second-order valence-corrected chi connectivity index (χ2v) is 6.62. The molecule has 1 heterocycles. The van der Waals surface area contributed by atoms with Crippen LogP contribution in [0.3, 0.4) is 0 Å². The molecule has 1 saturated heterocycles. The van der Waals surface area contributed by atoms with Gasteiger partial charge in [-0.15, -0.1) is 0 Å². The summed E-state index contributed by atoms with van der Waals surface area (Å²) in [5, 5.41) is 11.2. The summed E-state index contributed by atoms with van der Waals surface area (Å²) in [5.74, 6) is -2.32. The molecule has 1 unspecified atom stereocenters. The third-order valence-electron chi connectivity index (χ3n) is 4.83. The Morgan fingerprint density at radius 3 is 2.38 bits per heavy atom. The molecule has 0 saturated carbocycles. The van der Waals surface area contributed by atoms with Crippen LogP contribution in [0.15, 0.2) is 48.2 Å². The summed E-state index contributed by atoms with van der Waals surface area (Å²) in [4.78, 5) is 38.4. The topological polar surface area (TPSA) is 83.8 Å². The van der Waals surface area contributed by atoms with E-state index in [1.54, 1.807) is 0 Å². The highest BCUT2D eigenvalue weighted by Crippen LogP contribution is 2.28. The Morgan fingerprint density at radius 2 is 1.76 bits per heavy atom. The number of hydrogen-bond donors (Lipinski definition) is 0. The smallest absolute Gasteiger partial charge is 0.279 e. The number of hydrogen-bond acceptors (Lipinski definition) is 4. The van der Waals surface area contributed by atoms with E-state index in [1.165, 1.54) is 49.3 Å². The van der Waals surface area contributed by atoms with Gasteiger partial charge in [0, 0.05) is 26.6 Å². The van der Waals surface area contributed by atoms with Crippen molar-refractivity contribution >= 4 is 23.6 Å². The molecule has 1 aliphatic heterocycles. The van der Waals surface area contributed by atoms with Crippen LogP contribution >= 0.6 is 0 Å². The minimum Gasteiger partial charge on any atom is -0.328 e. The zero-order chi connectivity index (χ0) is 21.3. The third kappa shape index (κ3) is 3.84. The van der Waals surface area contributed by atoms with Gasteiger partial charge in [0.1, 0.15) is 23.4 Å². The maximum atomic E-state index is 14.2. The lowest BCUT2D eigenvalue weighted by atomic mass is 9.99. The molecule has 0 radical (unpaired) electrons. The molecule has 1 fully saturated rings. The van der Waals surface area contributed by atoms with Gasteiger partial charge in [0.2, 0.25) is 5.91 Å². The average Bonchev–Trinajstić information content (AvgIpc) is 2.69. The van der Waals surface area contributed by atoms with Crippen molar-refractivity contribution in [3.05, 3.63) is 81.0 Å². The van der Waals surface area contributed by atoms with Crippen molar-refractivity contribution in [2.75, 3.05) is 14.1 Å².